The van der Waals surface area contributed by atoms with Gasteiger partial charge in [0.1, 0.15) is 0 Å². The molecule has 0 heteroatoms. The average Bonchev–Trinajstić information content (AvgIpc) is 2.01. The number of allylic oxidation sites excluding steroid dienone is 6. The first-order chi connectivity index (χ1) is 5.35. The van der Waals surface area contributed by atoms with E-state index in [0.29, 0.717) is 0 Å². The quantitative estimate of drug-likeness (QED) is 0.534. The van der Waals surface area contributed by atoms with Gasteiger partial charge in [-0.1, -0.05) is 43.7 Å². The SMILES string of the molecule is C\C=C/C=C(\C=C/C)CCC. The minimum absolute atomic E-state index is 1.18. The molecule has 0 aromatic heterocycles. The zero-order valence-corrected chi connectivity index (χ0v) is 7.80. The van der Waals surface area contributed by atoms with Gasteiger partial charge in [0.25, 0.3) is 0 Å². The molecule has 0 spiro atoms. The van der Waals surface area contributed by atoms with Gasteiger partial charge in [-0.3, -0.25) is 0 Å². The van der Waals surface area contributed by atoms with Crippen LogP contribution in [-0.4, -0.2) is 0 Å². The van der Waals surface area contributed by atoms with E-state index in [1.165, 1.54) is 18.4 Å². The predicted molar refractivity (Wildman–Crippen MR) is 52.6 cm³/mol. The second-order valence-corrected chi connectivity index (χ2v) is 2.52. The third-order valence-corrected chi connectivity index (χ3v) is 1.42. The Morgan fingerprint density at radius 3 is 2.36 bits per heavy atom. The molecule has 0 aromatic carbocycles. The van der Waals surface area contributed by atoms with Crippen molar-refractivity contribution >= 4 is 0 Å². The summed E-state index contributed by atoms with van der Waals surface area (Å²) >= 11 is 0. The van der Waals surface area contributed by atoms with Crippen LogP contribution in [0.3, 0.4) is 0 Å². The Balaban J connectivity index is 4.07. The van der Waals surface area contributed by atoms with E-state index in [1.807, 2.05) is 6.92 Å². The Morgan fingerprint density at radius 2 is 1.91 bits per heavy atom. The van der Waals surface area contributed by atoms with Gasteiger partial charge < -0.3 is 0 Å². The fourth-order valence-corrected chi connectivity index (χ4v) is 0.945. The number of rotatable bonds is 4. The summed E-state index contributed by atoms with van der Waals surface area (Å²) in [6.45, 7) is 6.29. The Kier molecular flexibility index (Phi) is 6.81. The number of hydrogen-bond acceptors (Lipinski definition) is 0. The van der Waals surface area contributed by atoms with Crippen LogP contribution in [0.2, 0.25) is 0 Å². The Labute approximate surface area is 70.3 Å². The second kappa shape index (κ2) is 7.33. The maximum absolute atomic E-state index is 2.20. The molecule has 0 amide bonds. The topological polar surface area (TPSA) is 0 Å². The Hall–Kier alpha value is -0.780. The van der Waals surface area contributed by atoms with Crippen LogP contribution in [0.15, 0.2) is 36.0 Å². The maximum Gasteiger partial charge on any atom is -0.0282 e. The first-order valence-electron chi connectivity index (χ1n) is 4.29. The molecule has 0 unspecified atom stereocenters. The zero-order chi connectivity index (χ0) is 8.53. The van der Waals surface area contributed by atoms with Gasteiger partial charge >= 0.3 is 0 Å². The van der Waals surface area contributed by atoms with E-state index in [-0.39, 0.29) is 0 Å². The molecule has 0 aliphatic carbocycles. The molecular weight excluding hydrogens is 132 g/mol. The molecule has 0 aromatic rings. The summed E-state index contributed by atoms with van der Waals surface area (Å²) in [5.41, 5.74) is 1.41. The van der Waals surface area contributed by atoms with Crippen molar-refractivity contribution in [1.29, 1.82) is 0 Å². The Bertz CT molecular complexity index is 159. The second-order valence-electron chi connectivity index (χ2n) is 2.52. The third-order valence-electron chi connectivity index (χ3n) is 1.42. The van der Waals surface area contributed by atoms with Crippen LogP contribution in [-0.2, 0) is 0 Å². The first kappa shape index (κ1) is 10.2. The van der Waals surface area contributed by atoms with Crippen LogP contribution in [0, 0.1) is 0 Å². The summed E-state index contributed by atoms with van der Waals surface area (Å²) in [4.78, 5) is 0. The maximum atomic E-state index is 2.20. The molecule has 0 radical (unpaired) electrons. The molecule has 0 fully saturated rings. The minimum Gasteiger partial charge on any atom is -0.0877 e. The third kappa shape index (κ3) is 5.65. The lowest BCUT2D eigenvalue weighted by Crippen LogP contribution is -1.75. The van der Waals surface area contributed by atoms with Gasteiger partial charge in [0.15, 0.2) is 0 Å². The molecule has 0 aliphatic heterocycles. The molecule has 0 bridgehead atoms. The van der Waals surface area contributed by atoms with Crippen molar-refractivity contribution in [2.24, 2.45) is 0 Å². The molecule has 0 N–H and O–H groups in total. The van der Waals surface area contributed by atoms with Crippen molar-refractivity contribution in [3.8, 4) is 0 Å². The zero-order valence-electron chi connectivity index (χ0n) is 7.80. The lowest BCUT2D eigenvalue weighted by Gasteiger charge is -1.95. The van der Waals surface area contributed by atoms with E-state index in [1.54, 1.807) is 0 Å². The van der Waals surface area contributed by atoms with Gasteiger partial charge in [-0.2, -0.15) is 0 Å². The van der Waals surface area contributed by atoms with Crippen LogP contribution >= 0.6 is 0 Å². The molecule has 0 atom stereocenters. The summed E-state index contributed by atoms with van der Waals surface area (Å²) in [6, 6.07) is 0. The average molecular weight is 150 g/mol. The van der Waals surface area contributed by atoms with Gasteiger partial charge in [0.2, 0.25) is 0 Å². The van der Waals surface area contributed by atoms with E-state index < -0.39 is 0 Å². The van der Waals surface area contributed by atoms with Crippen LogP contribution in [0.4, 0.5) is 0 Å². The molecule has 0 saturated heterocycles. The summed E-state index contributed by atoms with van der Waals surface area (Å²) < 4.78 is 0. The van der Waals surface area contributed by atoms with Gasteiger partial charge in [-0.25, -0.2) is 0 Å². The standard InChI is InChI=1S/C11H18/c1-4-7-10-11(8-5-2)9-6-3/h4-5,7-8,10H,6,9H2,1-3H3/b7-4-,8-5-,11-10+. The highest BCUT2D eigenvalue weighted by molar-refractivity contribution is 5.23. The van der Waals surface area contributed by atoms with Gasteiger partial charge in [-0.15, -0.1) is 0 Å². The molecule has 11 heavy (non-hydrogen) atoms. The van der Waals surface area contributed by atoms with Crippen molar-refractivity contribution in [3.63, 3.8) is 0 Å². The monoisotopic (exact) mass is 150 g/mol. The van der Waals surface area contributed by atoms with E-state index >= 15 is 0 Å². The molecule has 0 saturated carbocycles. The minimum atomic E-state index is 1.18. The molecule has 0 rings (SSSR count). The van der Waals surface area contributed by atoms with Crippen LogP contribution in [0.1, 0.15) is 33.6 Å². The van der Waals surface area contributed by atoms with Crippen LogP contribution in [0.25, 0.3) is 0 Å². The lowest BCUT2D eigenvalue weighted by molar-refractivity contribution is 0.926. The van der Waals surface area contributed by atoms with Crippen molar-refractivity contribution in [1.82, 2.24) is 0 Å². The van der Waals surface area contributed by atoms with E-state index in [2.05, 4.69) is 44.2 Å². The fraction of sp³-hybridized carbons (Fsp3) is 0.455. The van der Waals surface area contributed by atoms with E-state index in [4.69, 9.17) is 0 Å². The molecular formula is C11H18. The normalized spacial score (nSPS) is 13.5. The fourth-order valence-electron chi connectivity index (χ4n) is 0.945. The number of hydrogen-bond donors (Lipinski definition) is 0. The summed E-state index contributed by atoms with van der Waals surface area (Å²) in [5, 5.41) is 0. The highest BCUT2D eigenvalue weighted by Gasteiger charge is 1.86. The van der Waals surface area contributed by atoms with E-state index in [9.17, 15) is 0 Å². The largest absolute Gasteiger partial charge is 0.0877 e. The highest BCUT2D eigenvalue weighted by Crippen LogP contribution is 2.06. The van der Waals surface area contributed by atoms with Crippen molar-refractivity contribution in [2.75, 3.05) is 0 Å². The van der Waals surface area contributed by atoms with E-state index in [0.717, 1.165) is 0 Å². The smallest absolute Gasteiger partial charge is 0.0282 e. The molecule has 0 nitrogen and oxygen atoms in total. The predicted octanol–water partition coefficient (Wildman–Crippen LogP) is 3.87. The first-order valence-corrected chi connectivity index (χ1v) is 4.29. The molecule has 0 heterocycles. The van der Waals surface area contributed by atoms with Crippen LogP contribution in [0.5, 0.6) is 0 Å². The van der Waals surface area contributed by atoms with Gasteiger partial charge in [-0.05, 0) is 25.8 Å². The van der Waals surface area contributed by atoms with Crippen molar-refractivity contribution in [3.05, 3.63) is 36.0 Å². The van der Waals surface area contributed by atoms with Gasteiger partial charge in [0, 0.05) is 0 Å². The van der Waals surface area contributed by atoms with Crippen molar-refractivity contribution < 1.29 is 0 Å². The lowest BCUT2D eigenvalue weighted by atomic mass is 10.1. The highest BCUT2D eigenvalue weighted by atomic mass is 13.9. The molecule has 0 aliphatic rings. The Morgan fingerprint density at radius 1 is 1.18 bits per heavy atom. The molecule has 62 valence electrons. The van der Waals surface area contributed by atoms with Crippen LogP contribution < -0.4 is 0 Å². The van der Waals surface area contributed by atoms with Crippen molar-refractivity contribution in [2.45, 2.75) is 33.6 Å². The summed E-state index contributed by atoms with van der Waals surface area (Å²) in [6.07, 6.45) is 13.0. The summed E-state index contributed by atoms with van der Waals surface area (Å²) in [5.74, 6) is 0. The van der Waals surface area contributed by atoms with Gasteiger partial charge in [0.05, 0.1) is 0 Å². The summed E-state index contributed by atoms with van der Waals surface area (Å²) in [7, 11) is 0.